The summed E-state index contributed by atoms with van der Waals surface area (Å²) in [6, 6.07) is 0.337. The second-order valence-electron chi connectivity index (χ2n) is 7.34. The minimum atomic E-state index is -0.445. The van der Waals surface area contributed by atoms with Crippen molar-refractivity contribution in [2.45, 2.75) is 72.1 Å². The van der Waals surface area contributed by atoms with Crippen LogP contribution in [0.15, 0.2) is 0 Å². The Morgan fingerprint density at radius 2 is 1.78 bits per heavy atom. The average Bonchev–Trinajstić information content (AvgIpc) is 2.13. The molecule has 106 valence electrons. The van der Waals surface area contributed by atoms with Gasteiger partial charge in [0.15, 0.2) is 0 Å². The topological polar surface area (TPSA) is 55.6 Å². The second-order valence-corrected chi connectivity index (χ2v) is 7.34. The van der Waals surface area contributed by atoms with Crippen molar-refractivity contribution in [2.24, 2.45) is 11.1 Å². The highest BCUT2D eigenvalue weighted by Gasteiger charge is 2.39. The van der Waals surface area contributed by atoms with Gasteiger partial charge in [-0.3, -0.25) is 0 Å². The van der Waals surface area contributed by atoms with Gasteiger partial charge < -0.3 is 15.4 Å². The number of likely N-dealkylation sites (tertiary alicyclic amines) is 1. The van der Waals surface area contributed by atoms with E-state index in [1.807, 2.05) is 25.7 Å². The molecule has 0 bridgehead atoms. The van der Waals surface area contributed by atoms with Crippen LogP contribution in [0, 0.1) is 5.41 Å². The van der Waals surface area contributed by atoms with E-state index in [1.165, 1.54) is 0 Å². The molecule has 1 aliphatic heterocycles. The maximum Gasteiger partial charge on any atom is 0.410 e. The van der Waals surface area contributed by atoms with Crippen molar-refractivity contribution in [1.29, 1.82) is 0 Å². The molecule has 0 aromatic rings. The van der Waals surface area contributed by atoms with Crippen LogP contribution in [0.25, 0.3) is 0 Å². The van der Waals surface area contributed by atoms with Gasteiger partial charge in [0.25, 0.3) is 0 Å². The number of nitrogens with two attached hydrogens (primary N) is 1. The van der Waals surface area contributed by atoms with Gasteiger partial charge in [-0.2, -0.15) is 0 Å². The summed E-state index contributed by atoms with van der Waals surface area (Å²) in [5.74, 6) is 0. The van der Waals surface area contributed by atoms with Crippen molar-refractivity contribution >= 4 is 6.09 Å². The molecule has 2 N–H and O–H groups in total. The fourth-order valence-corrected chi connectivity index (χ4v) is 2.35. The highest BCUT2D eigenvalue weighted by atomic mass is 16.6. The van der Waals surface area contributed by atoms with Gasteiger partial charge in [-0.15, -0.1) is 0 Å². The Balaban J connectivity index is 2.81. The van der Waals surface area contributed by atoms with Crippen molar-refractivity contribution in [3.05, 3.63) is 0 Å². The number of carbonyl (C=O) groups is 1. The molecule has 0 saturated carbocycles. The molecule has 0 aromatic carbocycles. The standard InChI is InChI=1S/C14H28N2O2/c1-13(2,3)11-9-10(15)7-8-16(11)12(17)18-14(4,5)6/h10-11H,7-9,15H2,1-6H3. The first-order valence-corrected chi connectivity index (χ1v) is 6.76. The van der Waals surface area contributed by atoms with E-state index in [4.69, 9.17) is 10.5 Å². The first-order chi connectivity index (χ1) is 8.00. The van der Waals surface area contributed by atoms with E-state index in [9.17, 15) is 4.79 Å². The number of hydrogen-bond acceptors (Lipinski definition) is 3. The lowest BCUT2D eigenvalue weighted by Crippen LogP contribution is -2.55. The Bertz CT molecular complexity index is 302. The number of piperidine rings is 1. The summed E-state index contributed by atoms with van der Waals surface area (Å²) in [7, 11) is 0. The van der Waals surface area contributed by atoms with E-state index in [-0.39, 0.29) is 23.6 Å². The van der Waals surface area contributed by atoms with Crippen LogP contribution in [0.1, 0.15) is 54.4 Å². The Kier molecular flexibility index (Phi) is 4.31. The summed E-state index contributed by atoms with van der Waals surface area (Å²) in [6.45, 7) is 12.8. The Hall–Kier alpha value is -0.770. The molecule has 4 nitrogen and oxygen atoms in total. The lowest BCUT2D eigenvalue weighted by atomic mass is 9.79. The van der Waals surface area contributed by atoms with Crippen LogP contribution in [0.2, 0.25) is 0 Å². The van der Waals surface area contributed by atoms with E-state index in [1.54, 1.807) is 0 Å². The molecule has 2 unspecified atom stereocenters. The first kappa shape index (κ1) is 15.3. The van der Waals surface area contributed by atoms with Gasteiger partial charge in [0.05, 0.1) is 0 Å². The molecule has 0 aromatic heterocycles. The van der Waals surface area contributed by atoms with E-state index in [2.05, 4.69) is 20.8 Å². The zero-order valence-electron chi connectivity index (χ0n) is 12.6. The minimum absolute atomic E-state index is 0.0228. The zero-order valence-corrected chi connectivity index (χ0v) is 12.6. The van der Waals surface area contributed by atoms with Crippen LogP contribution in [-0.2, 0) is 4.74 Å². The van der Waals surface area contributed by atoms with Crippen molar-refractivity contribution in [3.8, 4) is 0 Å². The zero-order chi connectivity index (χ0) is 14.1. The third-order valence-electron chi connectivity index (χ3n) is 3.27. The second kappa shape index (κ2) is 5.08. The lowest BCUT2D eigenvalue weighted by molar-refractivity contribution is -0.00959. The predicted octanol–water partition coefficient (Wildman–Crippen LogP) is 2.76. The molecular weight excluding hydrogens is 228 g/mol. The largest absolute Gasteiger partial charge is 0.444 e. The number of hydrogen-bond donors (Lipinski definition) is 1. The fourth-order valence-electron chi connectivity index (χ4n) is 2.35. The van der Waals surface area contributed by atoms with Crippen molar-refractivity contribution in [3.63, 3.8) is 0 Å². The third-order valence-corrected chi connectivity index (χ3v) is 3.27. The first-order valence-electron chi connectivity index (χ1n) is 6.76. The Morgan fingerprint density at radius 1 is 1.22 bits per heavy atom. The Labute approximate surface area is 111 Å². The molecule has 0 spiro atoms. The molecule has 0 aliphatic carbocycles. The summed E-state index contributed by atoms with van der Waals surface area (Å²) in [6.07, 6.45) is 1.49. The van der Waals surface area contributed by atoms with Gasteiger partial charge in [0.1, 0.15) is 5.60 Å². The van der Waals surface area contributed by atoms with Gasteiger partial charge in [0.2, 0.25) is 0 Å². The highest BCUT2D eigenvalue weighted by Crippen LogP contribution is 2.32. The number of amides is 1. The van der Waals surface area contributed by atoms with Gasteiger partial charge in [-0.25, -0.2) is 4.79 Å². The average molecular weight is 256 g/mol. The van der Waals surface area contributed by atoms with Crippen LogP contribution in [0.3, 0.4) is 0 Å². The van der Waals surface area contributed by atoms with Crippen LogP contribution in [-0.4, -0.2) is 35.2 Å². The predicted molar refractivity (Wildman–Crippen MR) is 73.4 cm³/mol. The van der Waals surface area contributed by atoms with Crippen molar-refractivity contribution < 1.29 is 9.53 Å². The summed E-state index contributed by atoms with van der Waals surface area (Å²) in [4.78, 5) is 14.1. The molecule has 1 aliphatic rings. The fraction of sp³-hybridized carbons (Fsp3) is 0.929. The SMILES string of the molecule is CC(C)(C)OC(=O)N1CCC(N)CC1C(C)(C)C. The van der Waals surface area contributed by atoms with E-state index in [0.717, 1.165) is 12.8 Å². The number of nitrogens with zero attached hydrogens (tertiary/aromatic N) is 1. The van der Waals surface area contributed by atoms with Crippen LogP contribution >= 0.6 is 0 Å². The lowest BCUT2D eigenvalue weighted by Gasteiger charge is -2.45. The van der Waals surface area contributed by atoms with Crippen molar-refractivity contribution in [1.82, 2.24) is 4.90 Å². The number of carbonyl (C=O) groups excluding carboxylic acids is 1. The summed E-state index contributed by atoms with van der Waals surface area (Å²) < 4.78 is 5.48. The normalized spacial score (nSPS) is 26.1. The molecular formula is C14H28N2O2. The van der Waals surface area contributed by atoms with Gasteiger partial charge in [0, 0.05) is 18.6 Å². The van der Waals surface area contributed by atoms with Crippen LogP contribution in [0.5, 0.6) is 0 Å². The molecule has 1 amide bonds. The summed E-state index contributed by atoms with van der Waals surface area (Å²) in [5, 5.41) is 0. The quantitative estimate of drug-likeness (QED) is 0.725. The monoisotopic (exact) mass is 256 g/mol. The summed E-state index contributed by atoms with van der Waals surface area (Å²) in [5.41, 5.74) is 5.61. The van der Waals surface area contributed by atoms with Crippen molar-refractivity contribution in [2.75, 3.05) is 6.54 Å². The molecule has 4 heteroatoms. The molecule has 1 saturated heterocycles. The smallest absolute Gasteiger partial charge is 0.410 e. The number of rotatable bonds is 0. The van der Waals surface area contributed by atoms with E-state index in [0.29, 0.717) is 6.54 Å². The molecule has 0 radical (unpaired) electrons. The summed E-state index contributed by atoms with van der Waals surface area (Å²) >= 11 is 0. The molecule has 2 atom stereocenters. The number of ether oxygens (including phenoxy) is 1. The maximum atomic E-state index is 12.2. The van der Waals surface area contributed by atoms with Crippen LogP contribution < -0.4 is 5.73 Å². The van der Waals surface area contributed by atoms with Gasteiger partial charge in [-0.05, 0) is 39.0 Å². The van der Waals surface area contributed by atoms with E-state index >= 15 is 0 Å². The minimum Gasteiger partial charge on any atom is -0.444 e. The molecule has 18 heavy (non-hydrogen) atoms. The maximum absolute atomic E-state index is 12.2. The van der Waals surface area contributed by atoms with E-state index < -0.39 is 5.60 Å². The van der Waals surface area contributed by atoms with Gasteiger partial charge in [-0.1, -0.05) is 20.8 Å². The van der Waals surface area contributed by atoms with Gasteiger partial charge >= 0.3 is 6.09 Å². The molecule has 1 fully saturated rings. The third kappa shape index (κ3) is 4.16. The molecule has 1 rings (SSSR count). The molecule has 1 heterocycles. The highest BCUT2D eigenvalue weighted by molar-refractivity contribution is 5.68. The Morgan fingerprint density at radius 3 is 2.22 bits per heavy atom. The van der Waals surface area contributed by atoms with Crippen LogP contribution in [0.4, 0.5) is 4.79 Å².